The number of aromatic nitrogens is 2. The van der Waals surface area contributed by atoms with E-state index in [1.807, 2.05) is 6.20 Å². The second-order valence-corrected chi connectivity index (χ2v) is 6.41. The van der Waals surface area contributed by atoms with E-state index in [-0.39, 0.29) is 0 Å². The van der Waals surface area contributed by atoms with E-state index in [4.69, 9.17) is 5.73 Å². The highest BCUT2D eigenvalue weighted by Gasteiger charge is 2.22. The first-order chi connectivity index (χ1) is 9.69. The Morgan fingerprint density at radius 3 is 3.05 bits per heavy atom. The summed E-state index contributed by atoms with van der Waals surface area (Å²) < 4.78 is 3.57. The zero-order valence-corrected chi connectivity index (χ0v) is 13.4. The molecule has 0 bridgehead atoms. The van der Waals surface area contributed by atoms with Gasteiger partial charge in [-0.1, -0.05) is 28.1 Å². The molecule has 0 fully saturated rings. The van der Waals surface area contributed by atoms with Crippen molar-refractivity contribution in [3.05, 3.63) is 51.5 Å². The predicted molar refractivity (Wildman–Crippen MR) is 84.9 cm³/mol. The molecular formula is C16H20BrN3. The van der Waals surface area contributed by atoms with Crippen LogP contribution in [-0.2, 0) is 19.4 Å². The van der Waals surface area contributed by atoms with Crippen LogP contribution in [0, 0.1) is 6.92 Å². The lowest BCUT2D eigenvalue weighted by molar-refractivity contribution is 0.451. The molecule has 0 saturated carbocycles. The summed E-state index contributed by atoms with van der Waals surface area (Å²) in [6.07, 6.45) is 5.19. The van der Waals surface area contributed by atoms with Crippen LogP contribution in [0.2, 0.25) is 0 Å². The fourth-order valence-electron chi connectivity index (χ4n) is 2.97. The van der Waals surface area contributed by atoms with E-state index in [9.17, 15) is 0 Å². The monoisotopic (exact) mass is 333 g/mol. The molecule has 1 atom stereocenters. The summed E-state index contributed by atoms with van der Waals surface area (Å²) in [5, 5.41) is 0. The van der Waals surface area contributed by atoms with E-state index >= 15 is 0 Å². The van der Waals surface area contributed by atoms with Gasteiger partial charge in [0.1, 0.15) is 5.82 Å². The van der Waals surface area contributed by atoms with Gasteiger partial charge in [0.15, 0.2) is 0 Å². The van der Waals surface area contributed by atoms with Gasteiger partial charge < -0.3 is 10.3 Å². The Bertz CT molecular complexity index is 618. The van der Waals surface area contributed by atoms with Gasteiger partial charge in [0, 0.05) is 35.2 Å². The third kappa shape index (κ3) is 2.54. The average molecular weight is 334 g/mol. The van der Waals surface area contributed by atoms with Crippen molar-refractivity contribution in [2.45, 2.75) is 38.6 Å². The number of halogens is 1. The number of rotatable bonds is 3. The molecule has 4 heteroatoms. The number of nitrogens with two attached hydrogens (primary N) is 1. The minimum absolute atomic E-state index is 0.574. The van der Waals surface area contributed by atoms with Crippen molar-refractivity contribution >= 4 is 15.9 Å². The van der Waals surface area contributed by atoms with Crippen LogP contribution in [0.5, 0.6) is 0 Å². The van der Waals surface area contributed by atoms with Crippen molar-refractivity contribution < 1.29 is 0 Å². The van der Waals surface area contributed by atoms with Crippen molar-refractivity contribution in [2.24, 2.45) is 5.73 Å². The normalized spacial score (nSPS) is 18.1. The standard InChI is InChI=1S/C16H20BrN3/c1-11-2-3-12(8-15(11)17)13-4-5-14-9-19-16(6-7-18)20(14)10-13/h2-3,8-9,13H,4-7,10,18H2,1H3. The molecule has 0 radical (unpaired) electrons. The first kappa shape index (κ1) is 13.8. The van der Waals surface area contributed by atoms with Crippen molar-refractivity contribution in [3.63, 3.8) is 0 Å². The summed E-state index contributed by atoms with van der Waals surface area (Å²) in [5.74, 6) is 1.71. The Morgan fingerprint density at radius 2 is 2.30 bits per heavy atom. The fraction of sp³-hybridized carbons (Fsp3) is 0.438. The highest BCUT2D eigenvalue weighted by Crippen LogP contribution is 2.32. The minimum atomic E-state index is 0.574. The molecule has 2 heterocycles. The summed E-state index contributed by atoms with van der Waals surface area (Å²) in [7, 11) is 0. The topological polar surface area (TPSA) is 43.8 Å². The second-order valence-electron chi connectivity index (χ2n) is 5.56. The molecule has 20 heavy (non-hydrogen) atoms. The molecule has 1 aromatic carbocycles. The molecule has 1 aliphatic rings. The third-order valence-corrected chi connectivity index (χ3v) is 5.06. The number of imidazole rings is 1. The fourth-order valence-corrected chi connectivity index (χ4v) is 3.37. The second kappa shape index (κ2) is 5.70. The van der Waals surface area contributed by atoms with E-state index < -0.39 is 0 Å². The number of hydrogen-bond donors (Lipinski definition) is 1. The highest BCUT2D eigenvalue weighted by atomic mass is 79.9. The summed E-state index contributed by atoms with van der Waals surface area (Å²) in [4.78, 5) is 4.52. The van der Waals surface area contributed by atoms with Gasteiger partial charge in [0.2, 0.25) is 0 Å². The molecule has 1 unspecified atom stereocenters. The summed E-state index contributed by atoms with van der Waals surface area (Å²) >= 11 is 3.64. The quantitative estimate of drug-likeness (QED) is 0.937. The SMILES string of the molecule is Cc1ccc(C2CCc3cnc(CCN)n3C2)cc1Br. The Balaban J connectivity index is 1.87. The average Bonchev–Trinajstić information content (AvgIpc) is 2.85. The van der Waals surface area contributed by atoms with Gasteiger partial charge in [-0.2, -0.15) is 0 Å². The van der Waals surface area contributed by atoms with E-state index in [1.165, 1.54) is 27.7 Å². The zero-order chi connectivity index (χ0) is 14.1. The van der Waals surface area contributed by atoms with E-state index in [0.29, 0.717) is 12.5 Å². The maximum atomic E-state index is 5.68. The maximum absolute atomic E-state index is 5.68. The Kier molecular flexibility index (Phi) is 3.94. The highest BCUT2D eigenvalue weighted by molar-refractivity contribution is 9.10. The molecule has 0 aliphatic carbocycles. The number of aryl methyl sites for hydroxylation is 2. The molecule has 0 spiro atoms. The molecule has 106 valence electrons. The molecule has 1 aromatic heterocycles. The van der Waals surface area contributed by atoms with E-state index in [2.05, 4.69) is 50.6 Å². The van der Waals surface area contributed by atoms with Crippen LogP contribution in [0.1, 0.15) is 35.0 Å². The van der Waals surface area contributed by atoms with Gasteiger partial charge in [-0.15, -0.1) is 0 Å². The largest absolute Gasteiger partial charge is 0.331 e. The van der Waals surface area contributed by atoms with Crippen molar-refractivity contribution in [1.82, 2.24) is 9.55 Å². The van der Waals surface area contributed by atoms with Crippen LogP contribution < -0.4 is 5.73 Å². The van der Waals surface area contributed by atoms with Gasteiger partial charge in [-0.05, 0) is 43.5 Å². The zero-order valence-electron chi connectivity index (χ0n) is 11.8. The lowest BCUT2D eigenvalue weighted by atomic mass is 9.90. The van der Waals surface area contributed by atoms with Crippen LogP contribution in [0.4, 0.5) is 0 Å². The number of nitrogens with zero attached hydrogens (tertiary/aromatic N) is 2. The Labute approximate surface area is 128 Å². The van der Waals surface area contributed by atoms with Gasteiger partial charge in [-0.3, -0.25) is 0 Å². The lowest BCUT2D eigenvalue weighted by Crippen LogP contribution is -2.21. The molecule has 3 nitrogen and oxygen atoms in total. The van der Waals surface area contributed by atoms with E-state index in [0.717, 1.165) is 25.2 Å². The number of fused-ring (bicyclic) bond motifs is 1. The Morgan fingerprint density at radius 1 is 1.45 bits per heavy atom. The maximum Gasteiger partial charge on any atom is 0.110 e. The van der Waals surface area contributed by atoms with Gasteiger partial charge in [-0.25, -0.2) is 4.98 Å². The van der Waals surface area contributed by atoms with Gasteiger partial charge in [0.05, 0.1) is 0 Å². The van der Waals surface area contributed by atoms with Crippen LogP contribution in [0.3, 0.4) is 0 Å². The van der Waals surface area contributed by atoms with Crippen molar-refractivity contribution in [3.8, 4) is 0 Å². The van der Waals surface area contributed by atoms with Crippen LogP contribution in [0.15, 0.2) is 28.9 Å². The van der Waals surface area contributed by atoms with Crippen LogP contribution in [-0.4, -0.2) is 16.1 Å². The van der Waals surface area contributed by atoms with Crippen LogP contribution >= 0.6 is 15.9 Å². The molecule has 2 aromatic rings. The van der Waals surface area contributed by atoms with Gasteiger partial charge in [0.25, 0.3) is 0 Å². The molecule has 1 aliphatic heterocycles. The molecular weight excluding hydrogens is 314 g/mol. The predicted octanol–water partition coefficient (Wildman–Crippen LogP) is 3.19. The van der Waals surface area contributed by atoms with Gasteiger partial charge >= 0.3 is 0 Å². The minimum Gasteiger partial charge on any atom is -0.331 e. The van der Waals surface area contributed by atoms with E-state index in [1.54, 1.807) is 0 Å². The molecule has 0 saturated heterocycles. The van der Waals surface area contributed by atoms with Crippen LogP contribution in [0.25, 0.3) is 0 Å². The first-order valence-corrected chi connectivity index (χ1v) is 7.97. The Hall–Kier alpha value is -1.13. The smallest absolute Gasteiger partial charge is 0.110 e. The lowest BCUT2D eigenvalue weighted by Gasteiger charge is -2.26. The molecule has 3 rings (SSSR count). The first-order valence-electron chi connectivity index (χ1n) is 7.18. The number of benzene rings is 1. The molecule has 0 amide bonds. The van der Waals surface area contributed by atoms with Crippen molar-refractivity contribution in [2.75, 3.05) is 6.54 Å². The third-order valence-electron chi connectivity index (χ3n) is 4.21. The molecule has 2 N–H and O–H groups in total. The summed E-state index contributed by atoms with van der Waals surface area (Å²) in [6.45, 7) is 3.82. The number of hydrogen-bond acceptors (Lipinski definition) is 2. The summed E-state index contributed by atoms with van der Waals surface area (Å²) in [6, 6.07) is 6.73. The summed E-state index contributed by atoms with van der Waals surface area (Å²) in [5.41, 5.74) is 9.74. The van der Waals surface area contributed by atoms with Crippen molar-refractivity contribution in [1.29, 1.82) is 0 Å².